The van der Waals surface area contributed by atoms with Crippen molar-refractivity contribution in [1.29, 1.82) is 0 Å². The number of nitrogens with zero attached hydrogens (tertiary/aromatic N) is 1. The zero-order valence-electron chi connectivity index (χ0n) is 11.1. The lowest BCUT2D eigenvalue weighted by Gasteiger charge is -2.10. The van der Waals surface area contributed by atoms with Crippen LogP contribution in [-0.2, 0) is 21.1 Å². The lowest BCUT2D eigenvalue weighted by molar-refractivity contribution is -0.121. The lowest BCUT2D eigenvalue weighted by atomic mass is 10.1. The third kappa shape index (κ3) is 3.56. The van der Waals surface area contributed by atoms with Gasteiger partial charge in [-0.2, -0.15) is 0 Å². The number of amides is 1. The van der Waals surface area contributed by atoms with E-state index in [1.807, 2.05) is 13.8 Å². The molecule has 7 heteroatoms. The van der Waals surface area contributed by atoms with E-state index >= 15 is 0 Å². The van der Waals surface area contributed by atoms with Crippen molar-refractivity contribution in [3.63, 3.8) is 0 Å². The molecular formula is C12H18N2O4S. The quantitative estimate of drug-likeness (QED) is 0.872. The summed E-state index contributed by atoms with van der Waals surface area (Å²) in [6, 6.07) is -0.234. The predicted octanol–water partition coefficient (Wildman–Crippen LogP) is 0.527. The highest BCUT2D eigenvalue weighted by Gasteiger charge is 2.28. The summed E-state index contributed by atoms with van der Waals surface area (Å²) < 4.78 is 27.6. The van der Waals surface area contributed by atoms with Gasteiger partial charge in [-0.05, 0) is 26.7 Å². The SMILES string of the molecule is Cc1noc(C)c1CCC(=O)NC1CCS(=O)(=O)C1. The summed E-state index contributed by atoms with van der Waals surface area (Å²) in [6.45, 7) is 3.66. The van der Waals surface area contributed by atoms with E-state index in [2.05, 4.69) is 10.5 Å². The number of aromatic nitrogens is 1. The Balaban J connectivity index is 1.83. The third-order valence-electron chi connectivity index (χ3n) is 3.38. The Morgan fingerprint density at radius 2 is 2.21 bits per heavy atom. The van der Waals surface area contributed by atoms with Crippen LogP contribution in [0.1, 0.15) is 29.9 Å². The maximum Gasteiger partial charge on any atom is 0.220 e. The molecule has 1 amide bonds. The molecule has 2 heterocycles. The monoisotopic (exact) mass is 286 g/mol. The number of rotatable bonds is 4. The van der Waals surface area contributed by atoms with E-state index in [1.165, 1.54) is 0 Å². The van der Waals surface area contributed by atoms with E-state index < -0.39 is 9.84 Å². The first-order chi connectivity index (χ1) is 8.87. The summed E-state index contributed by atoms with van der Waals surface area (Å²) in [6.07, 6.45) is 1.39. The smallest absolute Gasteiger partial charge is 0.220 e. The standard InChI is InChI=1S/C12H18N2O4S/c1-8-11(9(2)18-14-8)3-4-12(15)13-10-5-6-19(16,17)7-10/h10H,3-7H2,1-2H3,(H,13,15). The third-order valence-corrected chi connectivity index (χ3v) is 5.15. The van der Waals surface area contributed by atoms with E-state index in [9.17, 15) is 13.2 Å². The van der Waals surface area contributed by atoms with Crippen molar-refractivity contribution < 1.29 is 17.7 Å². The van der Waals surface area contributed by atoms with Crippen LogP contribution >= 0.6 is 0 Å². The topological polar surface area (TPSA) is 89.3 Å². The minimum absolute atomic E-state index is 0.0596. The number of hydrogen-bond acceptors (Lipinski definition) is 5. The molecule has 6 nitrogen and oxygen atoms in total. The summed E-state index contributed by atoms with van der Waals surface area (Å²) in [5.41, 5.74) is 1.75. The molecule has 0 spiro atoms. The predicted molar refractivity (Wildman–Crippen MR) is 69.5 cm³/mol. The highest BCUT2D eigenvalue weighted by molar-refractivity contribution is 7.91. The molecule has 1 aliphatic rings. The normalized spacial score (nSPS) is 21.5. The maximum atomic E-state index is 11.8. The Bertz CT molecular complexity index is 557. The molecule has 1 N–H and O–H groups in total. The summed E-state index contributed by atoms with van der Waals surface area (Å²) in [4.78, 5) is 11.8. The zero-order valence-corrected chi connectivity index (χ0v) is 11.9. The second kappa shape index (κ2) is 5.32. The number of sulfone groups is 1. The molecule has 0 aliphatic carbocycles. The van der Waals surface area contributed by atoms with E-state index in [-0.39, 0.29) is 23.5 Å². The van der Waals surface area contributed by atoms with E-state index in [4.69, 9.17) is 4.52 Å². The van der Waals surface area contributed by atoms with Crippen LogP contribution in [0.3, 0.4) is 0 Å². The van der Waals surface area contributed by atoms with Crippen LogP contribution < -0.4 is 5.32 Å². The fourth-order valence-corrected chi connectivity index (χ4v) is 3.98. The van der Waals surface area contributed by atoms with E-state index in [0.29, 0.717) is 19.3 Å². The Labute approximate surface area is 112 Å². The second-order valence-electron chi connectivity index (χ2n) is 4.97. The summed E-state index contributed by atoms with van der Waals surface area (Å²) in [7, 11) is -2.95. The first-order valence-corrected chi connectivity index (χ1v) is 8.11. The molecule has 1 fully saturated rings. The molecule has 1 aromatic heterocycles. The van der Waals surface area contributed by atoms with Gasteiger partial charge in [0.05, 0.1) is 17.2 Å². The lowest BCUT2D eigenvalue weighted by Crippen LogP contribution is -2.35. The van der Waals surface area contributed by atoms with Crippen molar-refractivity contribution in [1.82, 2.24) is 10.5 Å². The van der Waals surface area contributed by atoms with Crippen LogP contribution in [0.2, 0.25) is 0 Å². The van der Waals surface area contributed by atoms with Crippen LogP contribution in [0.15, 0.2) is 4.52 Å². The van der Waals surface area contributed by atoms with Crippen molar-refractivity contribution in [2.45, 2.75) is 39.2 Å². The fraction of sp³-hybridized carbons (Fsp3) is 0.667. The van der Waals surface area contributed by atoms with Crippen molar-refractivity contribution in [3.8, 4) is 0 Å². The molecule has 1 saturated heterocycles. The second-order valence-corrected chi connectivity index (χ2v) is 7.20. The van der Waals surface area contributed by atoms with Gasteiger partial charge in [0.25, 0.3) is 0 Å². The molecular weight excluding hydrogens is 268 g/mol. The molecule has 1 aromatic rings. The van der Waals surface area contributed by atoms with Crippen molar-refractivity contribution in [2.75, 3.05) is 11.5 Å². The Hall–Kier alpha value is -1.37. The number of nitrogens with one attached hydrogen (secondary N) is 1. The molecule has 1 aliphatic heterocycles. The molecule has 2 rings (SSSR count). The highest BCUT2D eigenvalue weighted by atomic mass is 32.2. The van der Waals surface area contributed by atoms with Gasteiger partial charge in [-0.3, -0.25) is 4.79 Å². The molecule has 0 radical (unpaired) electrons. The number of carbonyl (C=O) groups excluding carboxylic acids is 1. The van der Waals surface area contributed by atoms with Crippen LogP contribution in [-0.4, -0.2) is 37.0 Å². The zero-order chi connectivity index (χ0) is 14.0. The van der Waals surface area contributed by atoms with Gasteiger partial charge in [-0.1, -0.05) is 5.16 Å². The van der Waals surface area contributed by atoms with E-state index in [1.54, 1.807) is 0 Å². The van der Waals surface area contributed by atoms with Crippen LogP contribution in [0, 0.1) is 13.8 Å². The largest absolute Gasteiger partial charge is 0.361 e. The average molecular weight is 286 g/mol. The van der Waals surface area contributed by atoms with Gasteiger partial charge in [0.1, 0.15) is 5.76 Å². The van der Waals surface area contributed by atoms with Crippen molar-refractivity contribution in [2.24, 2.45) is 0 Å². The van der Waals surface area contributed by atoms with Gasteiger partial charge >= 0.3 is 0 Å². The Kier molecular flexibility index (Phi) is 3.93. The molecule has 0 saturated carbocycles. The minimum Gasteiger partial charge on any atom is -0.361 e. The molecule has 1 unspecified atom stereocenters. The average Bonchev–Trinajstić information content (AvgIpc) is 2.80. The Morgan fingerprint density at radius 1 is 1.47 bits per heavy atom. The minimum atomic E-state index is -2.95. The fourth-order valence-electron chi connectivity index (χ4n) is 2.31. The van der Waals surface area contributed by atoms with Gasteiger partial charge < -0.3 is 9.84 Å². The summed E-state index contributed by atoms with van der Waals surface area (Å²) >= 11 is 0. The highest BCUT2D eigenvalue weighted by Crippen LogP contribution is 2.15. The summed E-state index contributed by atoms with van der Waals surface area (Å²) in [5, 5.41) is 6.60. The van der Waals surface area contributed by atoms with Crippen molar-refractivity contribution >= 4 is 15.7 Å². The van der Waals surface area contributed by atoms with Gasteiger partial charge in [-0.15, -0.1) is 0 Å². The molecule has 0 aromatic carbocycles. The van der Waals surface area contributed by atoms with Gasteiger partial charge in [0, 0.05) is 18.0 Å². The van der Waals surface area contributed by atoms with Gasteiger partial charge in [-0.25, -0.2) is 8.42 Å². The molecule has 1 atom stereocenters. The molecule has 19 heavy (non-hydrogen) atoms. The Morgan fingerprint density at radius 3 is 2.74 bits per heavy atom. The van der Waals surface area contributed by atoms with Gasteiger partial charge in [0.2, 0.25) is 5.91 Å². The first kappa shape index (κ1) is 14.0. The van der Waals surface area contributed by atoms with Crippen molar-refractivity contribution in [3.05, 3.63) is 17.0 Å². The number of carbonyl (C=O) groups is 1. The van der Waals surface area contributed by atoms with Gasteiger partial charge in [0.15, 0.2) is 9.84 Å². The first-order valence-electron chi connectivity index (χ1n) is 6.29. The van der Waals surface area contributed by atoms with Crippen LogP contribution in [0.5, 0.6) is 0 Å². The number of aryl methyl sites for hydroxylation is 2. The van der Waals surface area contributed by atoms with E-state index in [0.717, 1.165) is 17.0 Å². The summed E-state index contributed by atoms with van der Waals surface area (Å²) in [5.74, 6) is 0.835. The molecule has 106 valence electrons. The number of hydrogen-bond donors (Lipinski definition) is 1. The van der Waals surface area contributed by atoms with Crippen LogP contribution in [0.25, 0.3) is 0 Å². The maximum absolute atomic E-state index is 11.8. The van der Waals surface area contributed by atoms with Crippen LogP contribution in [0.4, 0.5) is 0 Å². The molecule has 0 bridgehead atoms.